The van der Waals surface area contributed by atoms with Crippen LogP contribution in [0.5, 0.6) is 5.75 Å². The van der Waals surface area contributed by atoms with Crippen molar-refractivity contribution in [2.45, 2.75) is 4.90 Å². The Kier molecular flexibility index (Phi) is 3.50. The molecule has 20 heavy (non-hydrogen) atoms. The molecular formula is C13H11N3O3S. The van der Waals surface area contributed by atoms with Gasteiger partial charge in [0.05, 0.1) is 11.3 Å². The van der Waals surface area contributed by atoms with Gasteiger partial charge in [0.2, 0.25) is 0 Å². The van der Waals surface area contributed by atoms with Crippen LogP contribution in [-0.4, -0.2) is 13.5 Å². The fourth-order valence-electron chi connectivity index (χ4n) is 1.65. The molecule has 0 amide bonds. The van der Waals surface area contributed by atoms with E-state index in [1.54, 1.807) is 6.07 Å². The Balaban J connectivity index is 2.44. The molecular weight excluding hydrogens is 278 g/mol. The van der Waals surface area contributed by atoms with Crippen LogP contribution in [0.3, 0.4) is 0 Å². The molecule has 0 heterocycles. The molecule has 0 aliphatic carbocycles. The summed E-state index contributed by atoms with van der Waals surface area (Å²) < 4.78 is 26.7. The van der Waals surface area contributed by atoms with E-state index in [4.69, 9.17) is 11.0 Å². The van der Waals surface area contributed by atoms with Gasteiger partial charge < -0.3 is 10.8 Å². The van der Waals surface area contributed by atoms with Crippen LogP contribution >= 0.6 is 0 Å². The summed E-state index contributed by atoms with van der Waals surface area (Å²) in [7, 11) is -3.93. The van der Waals surface area contributed by atoms with Crippen molar-refractivity contribution in [1.82, 2.24) is 0 Å². The molecule has 0 saturated carbocycles. The van der Waals surface area contributed by atoms with Crippen LogP contribution in [0.25, 0.3) is 0 Å². The van der Waals surface area contributed by atoms with Crippen LogP contribution in [0, 0.1) is 11.3 Å². The number of phenolic OH excluding ortho intramolecular Hbond substituents is 1. The Hall–Kier alpha value is -2.72. The first-order valence-corrected chi connectivity index (χ1v) is 7.02. The topological polar surface area (TPSA) is 116 Å². The second kappa shape index (κ2) is 5.11. The maximum absolute atomic E-state index is 12.2. The number of nitrogens with one attached hydrogen (secondary N) is 1. The van der Waals surface area contributed by atoms with Crippen LogP contribution in [-0.2, 0) is 10.0 Å². The summed E-state index contributed by atoms with van der Waals surface area (Å²) in [5, 5.41) is 18.3. The average Bonchev–Trinajstić information content (AvgIpc) is 2.37. The number of phenols is 1. The smallest absolute Gasteiger partial charge is 0.263 e. The van der Waals surface area contributed by atoms with Gasteiger partial charge in [-0.25, -0.2) is 8.42 Å². The summed E-state index contributed by atoms with van der Waals surface area (Å²) in [5.74, 6) is -0.0667. The monoisotopic (exact) mass is 289 g/mol. The zero-order valence-corrected chi connectivity index (χ0v) is 11.1. The number of aromatic hydroxyl groups is 1. The van der Waals surface area contributed by atoms with Crippen molar-refractivity contribution in [2.24, 2.45) is 0 Å². The lowest BCUT2D eigenvalue weighted by Crippen LogP contribution is -2.14. The zero-order valence-electron chi connectivity index (χ0n) is 10.2. The Morgan fingerprint density at radius 2 is 1.95 bits per heavy atom. The third-order valence-corrected chi connectivity index (χ3v) is 3.95. The third-order valence-electron chi connectivity index (χ3n) is 2.51. The van der Waals surface area contributed by atoms with Crippen LogP contribution in [0.15, 0.2) is 47.4 Å². The van der Waals surface area contributed by atoms with Crippen molar-refractivity contribution in [1.29, 1.82) is 5.26 Å². The largest absolute Gasteiger partial charge is 0.508 e. The highest BCUT2D eigenvalue weighted by Crippen LogP contribution is 2.23. The number of nitriles is 1. The molecule has 0 atom stereocenters. The molecule has 0 aliphatic heterocycles. The van der Waals surface area contributed by atoms with E-state index in [9.17, 15) is 13.5 Å². The van der Waals surface area contributed by atoms with Crippen molar-refractivity contribution in [2.75, 3.05) is 10.5 Å². The van der Waals surface area contributed by atoms with Gasteiger partial charge in [0.1, 0.15) is 16.7 Å². The van der Waals surface area contributed by atoms with Gasteiger partial charge in [-0.05, 0) is 30.3 Å². The molecule has 0 aromatic heterocycles. The van der Waals surface area contributed by atoms with Gasteiger partial charge >= 0.3 is 0 Å². The number of nitrogens with two attached hydrogens (primary N) is 1. The first-order chi connectivity index (χ1) is 9.42. The van der Waals surface area contributed by atoms with Crippen LogP contribution < -0.4 is 10.5 Å². The van der Waals surface area contributed by atoms with Gasteiger partial charge in [-0.3, -0.25) is 4.72 Å². The highest BCUT2D eigenvalue weighted by atomic mass is 32.2. The number of nitrogens with zero attached hydrogens (tertiary/aromatic N) is 1. The Labute approximate surface area is 116 Å². The van der Waals surface area contributed by atoms with Gasteiger partial charge in [-0.1, -0.05) is 6.07 Å². The fourth-order valence-corrected chi connectivity index (χ4v) is 2.84. The maximum atomic E-state index is 12.2. The highest BCUT2D eigenvalue weighted by Gasteiger charge is 2.19. The second-order valence-corrected chi connectivity index (χ2v) is 5.67. The number of anilines is 2. The number of benzene rings is 2. The standard InChI is InChI=1S/C13H11N3O3S/c14-8-9-6-10(15)4-5-13(9)20(18,19)16-11-2-1-3-12(17)7-11/h1-7,16-17H,15H2. The molecule has 0 unspecified atom stereocenters. The third kappa shape index (κ3) is 2.81. The number of nitrogen functional groups attached to an aromatic ring is 1. The van der Waals surface area contributed by atoms with E-state index in [2.05, 4.69) is 4.72 Å². The minimum absolute atomic E-state index is 0.0438. The van der Waals surface area contributed by atoms with Gasteiger partial charge in [-0.2, -0.15) is 5.26 Å². The molecule has 0 spiro atoms. The van der Waals surface area contributed by atoms with Crippen molar-refractivity contribution in [3.8, 4) is 11.8 Å². The molecule has 0 fully saturated rings. The molecule has 2 aromatic carbocycles. The molecule has 7 heteroatoms. The summed E-state index contributed by atoms with van der Waals surface area (Å²) in [6.45, 7) is 0. The fraction of sp³-hybridized carbons (Fsp3) is 0. The molecule has 6 nitrogen and oxygen atoms in total. The molecule has 0 bridgehead atoms. The molecule has 0 saturated heterocycles. The van der Waals surface area contributed by atoms with Gasteiger partial charge in [0.25, 0.3) is 10.0 Å². The summed E-state index contributed by atoms with van der Waals surface area (Å²) in [4.78, 5) is -0.169. The number of hydrogen-bond donors (Lipinski definition) is 3. The molecule has 0 aliphatic rings. The summed E-state index contributed by atoms with van der Waals surface area (Å²) in [6.07, 6.45) is 0. The normalized spacial score (nSPS) is 10.8. The van der Waals surface area contributed by atoms with Crippen molar-refractivity contribution < 1.29 is 13.5 Å². The number of rotatable bonds is 3. The van der Waals surface area contributed by atoms with Crippen LogP contribution in [0.4, 0.5) is 11.4 Å². The maximum Gasteiger partial charge on any atom is 0.263 e. The zero-order chi connectivity index (χ0) is 14.8. The van der Waals surface area contributed by atoms with E-state index in [1.807, 2.05) is 0 Å². The van der Waals surface area contributed by atoms with Gasteiger partial charge in [0, 0.05) is 11.8 Å². The van der Waals surface area contributed by atoms with Crippen LogP contribution in [0.2, 0.25) is 0 Å². The average molecular weight is 289 g/mol. The van der Waals surface area contributed by atoms with Gasteiger partial charge in [0.15, 0.2) is 0 Å². The lowest BCUT2D eigenvalue weighted by atomic mass is 10.2. The Morgan fingerprint density at radius 3 is 2.60 bits per heavy atom. The molecule has 102 valence electrons. The predicted octanol–water partition coefficient (Wildman–Crippen LogP) is 1.65. The highest BCUT2D eigenvalue weighted by molar-refractivity contribution is 7.92. The van der Waals surface area contributed by atoms with Crippen LogP contribution in [0.1, 0.15) is 5.56 Å². The summed E-state index contributed by atoms with van der Waals surface area (Å²) in [5.41, 5.74) is 5.98. The Bertz CT molecular complexity index is 795. The molecule has 2 rings (SSSR count). The quantitative estimate of drug-likeness (QED) is 0.743. The van der Waals surface area contributed by atoms with Crippen molar-refractivity contribution in [3.63, 3.8) is 0 Å². The SMILES string of the molecule is N#Cc1cc(N)ccc1S(=O)(=O)Nc1cccc(O)c1. The van der Waals surface area contributed by atoms with Crippen molar-refractivity contribution >= 4 is 21.4 Å². The Morgan fingerprint density at radius 1 is 1.20 bits per heavy atom. The minimum atomic E-state index is -3.93. The van der Waals surface area contributed by atoms with Crippen molar-refractivity contribution in [3.05, 3.63) is 48.0 Å². The first kappa shape index (κ1) is 13.7. The summed E-state index contributed by atoms with van der Waals surface area (Å²) >= 11 is 0. The molecule has 0 radical (unpaired) electrons. The molecule has 2 aromatic rings. The minimum Gasteiger partial charge on any atom is -0.508 e. The lowest BCUT2D eigenvalue weighted by molar-refractivity contribution is 0.475. The first-order valence-electron chi connectivity index (χ1n) is 5.54. The van der Waals surface area contributed by atoms with E-state index in [0.29, 0.717) is 5.69 Å². The van der Waals surface area contributed by atoms with E-state index in [1.165, 1.54) is 42.5 Å². The van der Waals surface area contributed by atoms with E-state index < -0.39 is 10.0 Å². The number of hydrogen-bond acceptors (Lipinski definition) is 5. The van der Waals surface area contributed by atoms with E-state index in [-0.39, 0.29) is 21.9 Å². The summed E-state index contributed by atoms with van der Waals surface area (Å²) in [6, 6.07) is 11.4. The van der Waals surface area contributed by atoms with E-state index in [0.717, 1.165) is 0 Å². The second-order valence-electron chi connectivity index (χ2n) is 4.02. The van der Waals surface area contributed by atoms with E-state index >= 15 is 0 Å². The number of sulfonamides is 1. The molecule has 4 N–H and O–H groups in total. The lowest BCUT2D eigenvalue weighted by Gasteiger charge is -2.10. The predicted molar refractivity (Wildman–Crippen MR) is 74.5 cm³/mol. The van der Waals surface area contributed by atoms with Gasteiger partial charge in [-0.15, -0.1) is 0 Å².